The van der Waals surface area contributed by atoms with Crippen LogP contribution in [0.5, 0.6) is 0 Å². The Morgan fingerprint density at radius 1 is 1.47 bits per heavy atom. The fraction of sp³-hybridized carbons (Fsp3) is 0.308. The van der Waals surface area contributed by atoms with Crippen molar-refractivity contribution in [1.29, 1.82) is 0 Å². The number of carbonyl (C=O) groups is 1. The number of carbonyl (C=O) groups excluding carboxylic acids is 1. The van der Waals surface area contributed by atoms with E-state index >= 15 is 0 Å². The molecule has 3 nitrogen and oxygen atoms in total. The predicted molar refractivity (Wildman–Crippen MR) is 67.9 cm³/mol. The van der Waals surface area contributed by atoms with E-state index in [1.54, 1.807) is 17.6 Å². The molecule has 0 bridgehead atoms. The number of aryl methyl sites for hydroxylation is 1. The maximum Gasteiger partial charge on any atom is 0.220 e. The largest absolute Gasteiger partial charge is 0.467 e. The van der Waals surface area contributed by atoms with Crippen molar-refractivity contribution < 1.29 is 9.21 Å². The third-order valence-electron chi connectivity index (χ3n) is 2.53. The molecule has 2 heterocycles. The van der Waals surface area contributed by atoms with Gasteiger partial charge in [0.25, 0.3) is 0 Å². The third kappa shape index (κ3) is 3.46. The molecule has 1 N–H and O–H groups in total. The lowest BCUT2D eigenvalue weighted by atomic mass is 10.2. The van der Waals surface area contributed by atoms with Crippen LogP contribution < -0.4 is 5.32 Å². The molecule has 0 spiro atoms. The van der Waals surface area contributed by atoms with Crippen LogP contribution in [0.15, 0.2) is 40.3 Å². The summed E-state index contributed by atoms with van der Waals surface area (Å²) in [4.78, 5) is 12.9. The Bertz CT molecular complexity index is 448. The molecule has 2 aromatic heterocycles. The molecular weight excluding hydrogens is 234 g/mol. The van der Waals surface area contributed by atoms with E-state index < -0.39 is 0 Å². The molecular formula is C13H15NO2S. The van der Waals surface area contributed by atoms with Crippen molar-refractivity contribution in [3.63, 3.8) is 0 Å². The second-order valence-electron chi connectivity index (χ2n) is 3.88. The quantitative estimate of drug-likeness (QED) is 0.884. The van der Waals surface area contributed by atoms with Gasteiger partial charge in [0.05, 0.1) is 12.3 Å². The Balaban J connectivity index is 1.77. The summed E-state index contributed by atoms with van der Waals surface area (Å²) in [6, 6.07) is 7.67. The highest BCUT2D eigenvalue weighted by Crippen LogP contribution is 2.14. The van der Waals surface area contributed by atoms with Crippen LogP contribution in [-0.2, 0) is 11.2 Å². The first-order chi connectivity index (χ1) is 8.25. The van der Waals surface area contributed by atoms with E-state index in [9.17, 15) is 4.79 Å². The highest BCUT2D eigenvalue weighted by molar-refractivity contribution is 7.09. The number of hydrogen-bond acceptors (Lipinski definition) is 3. The Kier molecular flexibility index (Phi) is 3.98. The maximum atomic E-state index is 11.7. The van der Waals surface area contributed by atoms with Crippen LogP contribution in [0.25, 0.3) is 0 Å². The van der Waals surface area contributed by atoms with E-state index in [0.717, 1.165) is 12.2 Å². The molecule has 0 radical (unpaired) electrons. The fourth-order valence-electron chi connectivity index (χ4n) is 1.61. The van der Waals surface area contributed by atoms with Crippen LogP contribution in [0.1, 0.15) is 30.0 Å². The first-order valence-corrected chi connectivity index (χ1v) is 6.49. The highest BCUT2D eigenvalue weighted by atomic mass is 32.1. The summed E-state index contributed by atoms with van der Waals surface area (Å²) in [5, 5.41) is 4.94. The standard InChI is InChI=1S/C13H15NO2S/c1-10(12-5-2-8-16-12)14-13(15)7-6-11-4-3-9-17-11/h2-5,8-10H,6-7H2,1H3,(H,14,15). The molecule has 1 atom stereocenters. The zero-order valence-corrected chi connectivity index (χ0v) is 10.5. The van der Waals surface area contributed by atoms with Crippen LogP contribution >= 0.6 is 11.3 Å². The van der Waals surface area contributed by atoms with Crippen LogP contribution in [-0.4, -0.2) is 5.91 Å². The minimum Gasteiger partial charge on any atom is -0.467 e. The summed E-state index contributed by atoms with van der Waals surface area (Å²) >= 11 is 1.68. The van der Waals surface area contributed by atoms with Gasteiger partial charge in [-0.25, -0.2) is 0 Å². The fourth-order valence-corrected chi connectivity index (χ4v) is 2.32. The summed E-state index contributed by atoms with van der Waals surface area (Å²) in [6.45, 7) is 1.92. The third-order valence-corrected chi connectivity index (χ3v) is 3.46. The minimum atomic E-state index is -0.0687. The van der Waals surface area contributed by atoms with Crippen molar-refractivity contribution in [2.75, 3.05) is 0 Å². The molecule has 2 rings (SSSR count). The molecule has 2 aromatic rings. The predicted octanol–water partition coefficient (Wildman–Crippen LogP) is 3.15. The van der Waals surface area contributed by atoms with Crippen LogP contribution in [0.4, 0.5) is 0 Å². The number of amides is 1. The molecule has 0 aromatic carbocycles. The summed E-state index contributed by atoms with van der Waals surface area (Å²) in [6.07, 6.45) is 2.93. The average Bonchev–Trinajstić information content (AvgIpc) is 2.99. The normalized spacial score (nSPS) is 12.3. The second kappa shape index (κ2) is 5.68. The van der Waals surface area contributed by atoms with Crippen LogP contribution in [0.2, 0.25) is 0 Å². The SMILES string of the molecule is CC(NC(=O)CCc1cccs1)c1ccco1. The Labute approximate surface area is 104 Å². The summed E-state index contributed by atoms with van der Waals surface area (Å²) in [5.74, 6) is 0.844. The Hall–Kier alpha value is -1.55. The van der Waals surface area contributed by atoms with Gasteiger partial charge in [0.15, 0.2) is 0 Å². The molecule has 0 saturated heterocycles. The molecule has 0 aliphatic carbocycles. The Morgan fingerprint density at radius 2 is 2.35 bits per heavy atom. The zero-order valence-electron chi connectivity index (χ0n) is 9.68. The first kappa shape index (κ1) is 11.9. The highest BCUT2D eigenvalue weighted by Gasteiger charge is 2.11. The van der Waals surface area contributed by atoms with Gasteiger partial charge >= 0.3 is 0 Å². The van der Waals surface area contributed by atoms with Crippen LogP contribution in [0, 0.1) is 0 Å². The van der Waals surface area contributed by atoms with Gasteiger partial charge < -0.3 is 9.73 Å². The maximum absolute atomic E-state index is 11.7. The Morgan fingerprint density at radius 3 is 3.00 bits per heavy atom. The molecule has 1 unspecified atom stereocenters. The smallest absolute Gasteiger partial charge is 0.220 e. The van der Waals surface area contributed by atoms with Gasteiger partial charge in [0, 0.05) is 11.3 Å². The number of hydrogen-bond donors (Lipinski definition) is 1. The van der Waals surface area contributed by atoms with E-state index in [4.69, 9.17) is 4.42 Å². The first-order valence-electron chi connectivity index (χ1n) is 5.61. The zero-order chi connectivity index (χ0) is 12.1. The van der Waals surface area contributed by atoms with Gasteiger partial charge in [-0.3, -0.25) is 4.79 Å². The molecule has 4 heteroatoms. The molecule has 0 aliphatic heterocycles. The number of rotatable bonds is 5. The molecule has 0 fully saturated rings. The molecule has 0 aliphatic rings. The van der Waals surface area contributed by atoms with E-state index in [2.05, 4.69) is 5.32 Å². The van der Waals surface area contributed by atoms with Gasteiger partial charge in [-0.1, -0.05) is 6.07 Å². The van der Waals surface area contributed by atoms with E-state index in [-0.39, 0.29) is 11.9 Å². The van der Waals surface area contributed by atoms with E-state index in [0.29, 0.717) is 6.42 Å². The van der Waals surface area contributed by atoms with Gasteiger partial charge in [0.1, 0.15) is 5.76 Å². The average molecular weight is 249 g/mol. The number of nitrogens with one attached hydrogen (secondary N) is 1. The van der Waals surface area contributed by atoms with Gasteiger partial charge in [-0.05, 0) is 36.9 Å². The summed E-state index contributed by atoms with van der Waals surface area (Å²) in [7, 11) is 0. The van der Waals surface area contributed by atoms with Crippen molar-refractivity contribution >= 4 is 17.2 Å². The number of furan rings is 1. The van der Waals surface area contributed by atoms with E-state index in [1.165, 1.54) is 4.88 Å². The molecule has 0 saturated carbocycles. The summed E-state index contributed by atoms with van der Waals surface area (Å²) < 4.78 is 5.23. The number of thiophene rings is 1. The topological polar surface area (TPSA) is 42.2 Å². The van der Waals surface area contributed by atoms with Crippen LogP contribution in [0.3, 0.4) is 0 Å². The minimum absolute atomic E-state index is 0.0577. The molecule has 90 valence electrons. The molecule has 1 amide bonds. The van der Waals surface area contributed by atoms with Gasteiger partial charge in [-0.15, -0.1) is 11.3 Å². The van der Waals surface area contributed by atoms with Gasteiger partial charge in [-0.2, -0.15) is 0 Å². The van der Waals surface area contributed by atoms with Crippen molar-refractivity contribution in [3.8, 4) is 0 Å². The van der Waals surface area contributed by atoms with Crippen molar-refractivity contribution in [3.05, 3.63) is 46.5 Å². The monoisotopic (exact) mass is 249 g/mol. The van der Waals surface area contributed by atoms with Gasteiger partial charge in [0.2, 0.25) is 5.91 Å². The van der Waals surface area contributed by atoms with E-state index in [1.807, 2.05) is 36.6 Å². The lowest BCUT2D eigenvalue weighted by Crippen LogP contribution is -2.26. The lowest BCUT2D eigenvalue weighted by Gasteiger charge is -2.10. The van der Waals surface area contributed by atoms with Crippen molar-refractivity contribution in [1.82, 2.24) is 5.32 Å². The lowest BCUT2D eigenvalue weighted by molar-refractivity contribution is -0.121. The summed E-state index contributed by atoms with van der Waals surface area (Å²) in [5.41, 5.74) is 0. The molecule has 17 heavy (non-hydrogen) atoms. The van der Waals surface area contributed by atoms with Crippen molar-refractivity contribution in [2.24, 2.45) is 0 Å². The van der Waals surface area contributed by atoms with Crippen molar-refractivity contribution in [2.45, 2.75) is 25.8 Å². The second-order valence-corrected chi connectivity index (χ2v) is 4.92.